The molecule has 1 aliphatic carbocycles. The first-order valence-corrected chi connectivity index (χ1v) is 9.60. The highest BCUT2D eigenvalue weighted by Crippen LogP contribution is 2.33. The standard InChI is InChI=1S/C15H31NO3S/c1-13(2)20(17,18)11-8-15(12-16-9-10-19-3)14-6-4-5-7-14/h13-16H,4-12H2,1-3H3. The molecule has 0 spiro atoms. The zero-order valence-electron chi connectivity index (χ0n) is 13.2. The Morgan fingerprint density at radius 1 is 1.25 bits per heavy atom. The zero-order valence-corrected chi connectivity index (χ0v) is 14.0. The maximum absolute atomic E-state index is 12.0. The summed E-state index contributed by atoms with van der Waals surface area (Å²) in [6, 6.07) is 0. The Hall–Kier alpha value is -0.130. The largest absolute Gasteiger partial charge is 0.383 e. The van der Waals surface area contributed by atoms with E-state index in [0.29, 0.717) is 24.2 Å². The van der Waals surface area contributed by atoms with Gasteiger partial charge in [0.15, 0.2) is 9.84 Å². The minimum atomic E-state index is -2.91. The van der Waals surface area contributed by atoms with E-state index in [2.05, 4.69) is 5.32 Å². The van der Waals surface area contributed by atoms with Crippen molar-refractivity contribution in [3.8, 4) is 0 Å². The molecule has 1 atom stereocenters. The van der Waals surface area contributed by atoms with E-state index in [1.165, 1.54) is 25.7 Å². The average molecular weight is 305 g/mol. The number of ether oxygens (including phenoxy) is 1. The lowest BCUT2D eigenvalue weighted by atomic mass is 9.88. The van der Waals surface area contributed by atoms with E-state index in [0.717, 1.165) is 19.5 Å². The Bertz CT molecular complexity index is 348. The van der Waals surface area contributed by atoms with Crippen molar-refractivity contribution < 1.29 is 13.2 Å². The number of hydrogen-bond donors (Lipinski definition) is 1. The van der Waals surface area contributed by atoms with Crippen molar-refractivity contribution in [2.24, 2.45) is 11.8 Å². The van der Waals surface area contributed by atoms with E-state index in [9.17, 15) is 8.42 Å². The van der Waals surface area contributed by atoms with Gasteiger partial charge >= 0.3 is 0 Å². The Kier molecular flexibility index (Phi) is 8.07. The summed E-state index contributed by atoms with van der Waals surface area (Å²) in [6.45, 7) is 6.02. The van der Waals surface area contributed by atoms with Gasteiger partial charge in [-0.05, 0) is 38.6 Å². The summed E-state index contributed by atoms with van der Waals surface area (Å²) in [5.74, 6) is 1.52. The minimum Gasteiger partial charge on any atom is -0.383 e. The first-order valence-electron chi connectivity index (χ1n) is 7.88. The maximum atomic E-state index is 12.0. The molecule has 1 aliphatic rings. The van der Waals surface area contributed by atoms with Crippen LogP contribution in [0.5, 0.6) is 0 Å². The van der Waals surface area contributed by atoms with Crippen LogP contribution >= 0.6 is 0 Å². The van der Waals surface area contributed by atoms with Gasteiger partial charge < -0.3 is 10.1 Å². The van der Waals surface area contributed by atoms with Crippen molar-refractivity contribution in [1.29, 1.82) is 0 Å². The van der Waals surface area contributed by atoms with Gasteiger partial charge in [-0.15, -0.1) is 0 Å². The Labute approximate surface area is 124 Å². The SMILES string of the molecule is COCCNCC(CCS(=O)(=O)C(C)C)C1CCCC1. The quantitative estimate of drug-likeness (QED) is 0.629. The molecule has 120 valence electrons. The van der Waals surface area contributed by atoms with E-state index >= 15 is 0 Å². The van der Waals surface area contributed by atoms with Gasteiger partial charge in [0.1, 0.15) is 0 Å². The van der Waals surface area contributed by atoms with Gasteiger partial charge in [0, 0.05) is 13.7 Å². The van der Waals surface area contributed by atoms with Crippen LogP contribution in [0.3, 0.4) is 0 Å². The van der Waals surface area contributed by atoms with Crippen molar-refractivity contribution >= 4 is 9.84 Å². The molecule has 0 aliphatic heterocycles. The van der Waals surface area contributed by atoms with Crippen LogP contribution in [0.15, 0.2) is 0 Å². The first-order chi connectivity index (χ1) is 9.47. The average Bonchev–Trinajstić information content (AvgIpc) is 2.91. The van der Waals surface area contributed by atoms with Crippen LogP contribution in [0.25, 0.3) is 0 Å². The molecule has 1 unspecified atom stereocenters. The van der Waals surface area contributed by atoms with Crippen molar-refractivity contribution in [1.82, 2.24) is 5.32 Å². The number of rotatable bonds is 10. The number of hydrogen-bond acceptors (Lipinski definition) is 4. The molecule has 4 nitrogen and oxygen atoms in total. The second kappa shape index (κ2) is 9.00. The molecule has 1 fully saturated rings. The molecule has 0 radical (unpaired) electrons. The lowest BCUT2D eigenvalue weighted by Gasteiger charge is -2.24. The van der Waals surface area contributed by atoms with E-state index < -0.39 is 9.84 Å². The minimum absolute atomic E-state index is 0.256. The Morgan fingerprint density at radius 3 is 2.45 bits per heavy atom. The van der Waals surface area contributed by atoms with Crippen LogP contribution in [0.4, 0.5) is 0 Å². The summed E-state index contributed by atoms with van der Waals surface area (Å²) in [6.07, 6.45) is 5.92. The van der Waals surface area contributed by atoms with Crippen LogP contribution in [0.1, 0.15) is 46.0 Å². The van der Waals surface area contributed by atoms with Crippen LogP contribution in [0.2, 0.25) is 0 Å². The van der Waals surface area contributed by atoms with E-state index in [1.807, 2.05) is 0 Å². The third-order valence-electron chi connectivity index (χ3n) is 4.45. The molecule has 0 bridgehead atoms. The molecule has 5 heteroatoms. The molecule has 0 aromatic rings. The predicted molar refractivity (Wildman–Crippen MR) is 83.7 cm³/mol. The lowest BCUT2D eigenvalue weighted by molar-refractivity contribution is 0.194. The van der Waals surface area contributed by atoms with Crippen molar-refractivity contribution in [2.45, 2.75) is 51.2 Å². The van der Waals surface area contributed by atoms with E-state index in [1.54, 1.807) is 21.0 Å². The summed E-state index contributed by atoms with van der Waals surface area (Å²) < 4.78 is 29.0. The summed E-state index contributed by atoms with van der Waals surface area (Å²) in [7, 11) is -1.21. The van der Waals surface area contributed by atoms with Crippen LogP contribution in [-0.4, -0.2) is 46.2 Å². The second-order valence-corrected chi connectivity index (χ2v) is 8.88. The third-order valence-corrected chi connectivity index (χ3v) is 6.69. The topological polar surface area (TPSA) is 55.4 Å². The molecule has 1 rings (SSSR count). The number of methoxy groups -OCH3 is 1. The van der Waals surface area contributed by atoms with Gasteiger partial charge in [0.05, 0.1) is 17.6 Å². The monoisotopic (exact) mass is 305 g/mol. The zero-order chi connectivity index (χ0) is 15.0. The molecule has 1 saturated carbocycles. The van der Waals surface area contributed by atoms with E-state index in [4.69, 9.17) is 4.74 Å². The molecule has 0 amide bonds. The molecule has 0 aromatic heterocycles. The van der Waals surface area contributed by atoms with Crippen LogP contribution in [-0.2, 0) is 14.6 Å². The smallest absolute Gasteiger partial charge is 0.152 e. The third kappa shape index (κ3) is 6.10. The summed E-state index contributed by atoms with van der Waals surface area (Å²) in [5.41, 5.74) is 0. The molecular formula is C15H31NO3S. The highest BCUT2D eigenvalue weighted by Gasteiger charge is 2.27. The van der Waals surface area contributed by atoms with Crippen molar-refractivity contribution in [3.63, 3.8) is 0 Å². The van der Waals surface area contributed by atoms with Crippen molar-refractivity contribution in [3.05, 3.63) is 0 Å². The molecular weight excluding hydrogens is 274 g/mol. The molecule has 1 N–H and O–H groups in total. The number of sulfone groups is 1. The fraction of sp³-hybridized carbons (Fsp3) is 1.00. The molecule has 0 heterocycles. The Balaban J connectivity index is 2.45. The van der Waals surface area contributed by atoms with Crippen molar-refractivity contribution in [2.75, 3.05) is 32.6 Å². The van der Waals surface area contributed by atoms with Gasteiger partial charge in [-0.25, -0.2) is 8.42 Å². The molecule has 0 aromatic carbocycles. The predicted octanol–water partition coefficient (Wildman–Crippen LogP) is 2.24. The first kappa shape index (κ1) is 17.9. The molecule has 20 heavy (non-hydrogen) atoms. The fourth-order valence-electron chi connectivity index (χ4n) is 2.95. The lowest BCUT2D eigenvalue weighted by Crippen LogP contribution is -2.31. The Morgan fingerprint density at radius 2 is 1.90 bits per heavy atom. The summed E-state index contributed by atoms with van der Waals surface area (Å²) >= 11 is 0. The van der Waals surface area contributed by atoms with Crippen LogP contribution in [0, 0.1) is 11.8 Å². The summed E-state index contributed by atoms with van der Waals surface area (Å²) in [5, 5.41) is 3.15. The second-order valence-electron chi connectivity index (χ2n) is 6.21. The summed E-state index contributed by atoms with van der Waals surface area (Å²) in [4.78, 5) is 0. The van der Waals surface area contributed by atoms with Crippen LogP contribution < -0.4 is 5.32 Å². The van der Waals surface area contributed by atoms with Gasteiger partial charge in [0.2, 0.25) is 0 Å². The van der Waals surface area contributed by atoms with E-state index in [-0.39, 0.29) is 5.25 Å². The normalized spacial score (nSPS) is 18.8. The highest BCUT2D eigenvalue weighted by atomic mass is 32.2. The fourth-order valence-corrected chi connectivity index (χ4v) is 4.05. The van der Waals surface area contributed by atoms with Gasteiger partial charge in [-0.1, -0.05) is 25.7 Å². The number of nitrogens with one attached hydrogen (secondary N) is 1. The molecule has 0 saturated heterocycles. The highest BCUT2D eigenvalue weighted by molar-refractivity contribution is 7.91. The van der Waals surface area contributed by atoms with Gasteiger partial charge in [-0.2, -0.15) is 0 Å². The van der Waals surface area contributed by atoms with Gasteiger partial charge in [0.25, 0.3) is 0 Å². The van der Waals surface area contributed by atoms with Gasteiger partial charge in [-0.3, -0.25) is 0 Å². The maximum Gasteiger partial charge on any atom is 0.152 e.